The van der Waals surface area contributed by atoms with Crippen LogP contribution in [0.4, 0.5) is 0 Å². The minimum atomic E-state index is -0.390. The zero-order valence-electron chi connectivity index (χ0n) is 10.5. The molecular formula is C11H16N4O3. The standard InChI is InChI=1S/C11H16N4O3/c1-3-8-11(17)12-6-10(16)15(8)5-4-9-13-7(2)18-14-9/h8H,3-6H2,1-2H3,(H,12,17). The van der Waals surface area contributed by atoms with Crippen LogP contribution in [0.2, 0.25) is 0 Å². The van der Waals surface area contributed by atoms with Crippen LogP contribution in [0.1, 0.15) is 25.1 Å². The third-order valence-corrected chi connectivity index (χ3v) is 2.95. The lowest BCUT2D eigenvalue weighted by atomic mass is 10.1. The predicted molar refractivity (Wildman–Crippen MR) is 61.5 cm³/mol. The van der Waals surface area contributed by atoms with Crippen molar-refractivity contribution in [1.82, 2.24) is 20.4 Å². The van der Waals surface area contributed by atoms with Crippen molar-refractivity contribution in [2.45, 2.75) is 32.7 Å². The van der Waals surface area contributed by atoms with E-state index in [1.165, 1.54) is 0 Å². The van der Waals surface area contributed by atoms with Crippen molar-refractivity contribution in [3.05, 3.63) is 11.7 Å². The Morgan fingerprint density at radius 1 is 1.50 bits per heavy atom. The third kappa shape index (κ3) is 2.49. The van der Waals surface area contributed by atoms with E-state index in [9.17, 15) is 9.59 Å². The van der Waals surface area contributed by atoms with Crippen LogP contribution in [0.3, 0.4) is 0 Å². The Labute approximate surface area is 105 Å². The molecule has 7 heteroatoms. The van der Waals surface area contributed by atoms with E-state index >= 15 is 0 Å². The van der Waals surface area contributed by atoms with Gasteiger partial charge in [0.25, 0.3) is 0 Å². The molecule has 2 rings (SSSR count). The number of aromatic nitrogens is 2. The number of nitrogens with zero attached hydrogens (tertiary/aromatic N) is 3. The molecule has 1 fully saturated rings. The van der Waals surface area contributed by atoms with E-state index in [0.29, 0.717) is 31.1 Å². The molecular weight excluding hydrogens is 236 g/mol. The maximum Gasteiger partial charge on any atom is 0.243 e. The molecule has 1 aromatic heterocycles. The van der Waals surface area contributed by atoms with Gasteiger partial charge in [-0.2, -0.15) is 4.98 Å². The summed E-state index contributed by atoms with van der Waals surface area (Å²) in [5, 5.41) is 6.36. The molecule has 7 nitrogen and oxygen atoms in total. The smallest absolute Gasteiger partial charge is 0.243 e. The third-order valence-electron chi connectivity index (χ3n) is 2.95. The van der Waals surface area contributed by atoms with E-state index in [4.69, 9.17) is 4.52 Å². The zero-order chi connectivity index (χ0) is 13.1. The van der Waals surface area contributed by atoms with Gasteiger partial charge in [0.05, 0.1) is 6.54 Å². The Morgan fingerprint density at radius 2 is 2.28 bits per heavy atom. The SMILES string of the molecule is CCC1C(=O)NCC(=O)N1CCc1noc(C)n1. The molecule has 2 amide bonds. The van der Waals surface area contributed by atoms with E-state index in [2.05, 4.69) is 15.5 Å². The van der Waals surface area contributed by atoms with Crippen molar-refractivity contribution in [2.75, 3.05) is 13.1 Å². The highest BCUT2D eigenvalue weighted by Crippen LogP contribution is 2.10. The number of amides is 2. The van der Waals surface area contributed by atoms with Gasteiger partial charge in [-0.1, -0.05) is 12.1 Å². The van der Waals surface area contributed by atoms with E-state index in [0.717, 1.165) is 0 Å². The molecule has 1 aromatic rings. The first-order valence-electron chi connectivity index (χ1n) is 5.98. The summed E-state index contributed by atoms with van der Waals surface area (Å²) in [7, 11) is 0. The molecule has 1 aliphatic heterocycles. The predicted octanol–water partition coefficient (Wildman–Crippen LogP) is -0.342. The van der Waals surface area contributed by atoms with Gasteiger partial charge in [-0.3, -0.25) is 9.59 Å². The quantitative estimate of drug-likeness (QED) is 0.791. The summed E-state index contributed by atoms with van der Waals surface area (Å²) in [6.45, 7) is 4.10. The number of aryl methyl sites for hydroxylation is 1. The van der Waals surface area contributed by atoms with Gasteiger partial charge in [0.2, 0.25) is 17.7 Å². The van der Waals surface area contributed by atoms with Crippen LogP contribution in [-0.2, 0) is 16.0 Å². The first kappa shape index (κ1) is 12.5. The van der Waals surface area contributed by atoms with Crippen molar-refractivity contribution in [3.8, 4) is 0 Å². The van der Waals surface area contributed by atoms with Crippen molar-refractivity contribution < 1.29 is 14.1 Å². The number of carbonyl (C=O) groups is 2. The van der Waals surface area contributed by atoms with Crippen LogP contribution < -0.4 is 5.32 Å². The maximum atomic E-state index is 11.8. The summed E-state index contributed by atoms with van der Waals surface area (Å²) >= 11 is 0. The topological polar surface area (TPSA) is 88.3 Å². The fraction of sp³-hybridized carbons (Fsp3) is 0.636. The lowest BCUT2D eigenvalue weighted by Crippen LogP contribution is -2.58. The minimum Gasteiger partial charge on any atom is -0.345 e. The van der Waals surface area contributed by atoms with Gasteiger partial charge in [0.15, 0.2) is 5.82 Å². The van der Waals surface area contributed by atoms with Gasteiger partial charge in [-0.15, -0.1) is 0 Å². The highest BCUT2D eigenvalue weighted by Gasteiger charge is 2.32. The number of hydrogen-bond donors (Lipinski definition) is 1. The number of piperazine rings is 1. The van der Waals surface area contributed by atoms with Crippen LogP contribution in [0.25, 0.3) is 0 Å². The molecule has 1 unspecified atom stereocenters. The molecule has 18 heavy (non-hydrogen) atoms. The van der Waals surface area contributed by atoms with Crippen molar-refractivity contribution in [3.63, 3.8) is 0 Å². The lowest BCUT2D eigenvalue weighted by molar-refractivity contribution is -0.145. The number of rotatable bonds is 4. The molecule has 0 radical (unpaired) electrons. The Balaban J connectivity index is 2.01. The van der Waals surface area contributed by atoms with Crippen LogP contribution in [0.15, 0.2) is 4.52 Å². The molecule has 98 valence electrons. The molecule has 0 bridgehead atoms. The molecule has 0 aliphatic carbocycles. The summed E-state index contributed by atoms with van der Waals surface area (Å²) in [4.78, 5) is 29.1. The summed E-state index contributed by atoms with van der Waals surface area (Å²) in [5.41, 5.74) is 0. The largest absolute Gasteiger partial charge is 0.345 e. The van der Waals surface area contributed by atoms with Gasteiger partial charge in [0.1, 0.15) is 6.04 Å². The van der Waals surface area contributed by atoms with Crippen LogP contribution >= 0.6 is 0 Å². The minimum absolute atomic E-state index is 0.0679. The van der Waals surface area contributed by atoms with Gasteiger partial charge < -0.3 is 14.7 Å². The highest BCUT2D eigenvalue weighted by molar-refractivity contribution is 5.94. The summed E-state index contributed by atoms with van der Waals surface area (Å²) in [5.74, 6) is 0.893. The zero-order valence-corrected chi connectivity index (χ0v) is 10.5. The van der Waals surface area contributed by atoms with Crippen molar-refractivity contribution >= 4 is 11.8 Å². The first-order chi connectivity index (χ1) is 8.61. The Morgan fingerprint density at radius 3 is 2.89 bits per heavy atom. The first-order valence-corrected chi connectivity index (χ1v) is 5.98. The summed E-state index contributed by atoms with van der Waals surface area (Å²) < 4.78 is 4.86. The van der Waals surface area contributed by atoms with E-state index in [1.54, 1.807) is 11.8 Å². The second-order valence-corrected chi connectivity index (χ2v) is 4.21. The second-order valence-electron chi connectivity index (χ2n) is 4.21. The number of carbonyl (C=O) groups excluding carboxylic acids is 2. The van der Waals surface area contributed by atoms with Gasteiger partial charge in [-0.05, 0) is 6.42 Å². The Kier molecular flexibility index (Phi) is 3.59. The lowest BCUT2D eigenvalue weighted by Gasteiger charge is -2.34. The van der Waals surface area contributed by atoms with Crippen LogP contribution in [0, 0.1) is 6.92 Å². The molecule has 1 saturated heterocycles. The highest BCUT2D eigenvalue weighted by atomic mass is 16.5. The van der Waals surface area contributed by atoms with E-state index in [-0.39, 0.29) is 24.4 Å². The van der Waals surface area contributed by atoms with Gasteiger partial charge in [-0.25, -0.2) is 0 Å². The number of nitrogens with one attached hydrogen (secondary N) is 1. The molecule has 1 atom stereocenters. The monoisotopic (exact) mass is 252 g/mol. The summed E-state index contributed by atoms with van der Waals surface area (Å²) in [6.07, 6.45) is 1.09. The van der Waals surface area contributed by atoms with E-state index in [1.807, 2.05) is 6.92 Å². The molecule has 0 aromatic carbocycles. The molecule has 0 saturated carbocycles. The van der Waals surface area contributed by atoms with Gasteiger partial charge in [0, 0.05) is 19.9 Å². The molecule has 1 N–H and O–H groups in total. The molecule has 2 heterocycles. The Bertz CT molecular complexity index is 457. The van der Waals surface area contributed by atoms with Gasteiger partial charge >= 0.3 is 0 Å². The Hall–Kier alpha value is -1.92. The fourth-order valence-electron chi connectivity index (χ4n) is 2.05. The number of hydrogen-bond acceptors (Lipinski definition) is 5. The van der Waals surface area contributed by atoms with Crippen LogP contribution in [-0.4, -0.2) is 46.0 Å². The van der Waals surface area contributed by atoms with Crippen molar-refractivity contribution in [1.29, 1.82) is 0 Å². The van der Waals surface area contributed by atoms with Crippen molar-refractivity contribution in [2.24, 2.45) is 0 Å². The fourth-order valence-corrected chi connectivity index (χ4v) is 2.05. The van der Waals surface area contributed by atoms with E-state index < -0.39 is 0 Å². The normalized spacial score (nSPS) is 20.1. The second kappa shape index (κ2) is 5.16. The average molecular weight is 252 g/mol. The van der Waals surface area contributed by atoms with Crippen LogP contribution in [0.5, 0.6) is 0 Å². The molecule has 1 aliphatic rings. The molecule has 0 spiro atoms. The average Bonchev–Trinajstić information content (AvgIpc) is 2.76. The maximum absolute atomic E-state index is 11.8. The summed E-state index contributed by atoms with van der Waals surface area (Å²) in [6, 6.07) is -0.390.